The van der Waals surface area contributed by atoms with Gasteiger partial charge in [0.05, 0.1) is 0 Å². The van der Waals surface area contributed by atoms with E-state index in [1.807, 2.05) is 37.4 Å². The zero-order chi connectivity index (χ0) is 28.8. The monoisotopic (exact) mass is 673 g/mol. The van der Waals surface area contributed by atoms with Crippen LogP contribution in [0.5, 0.6) is 0 Å². The zero-order valence-electron chi connectivity index (χ0n) is 21.9. The molecule has 0 spiro atoms. The van der Waals surface area contributed by atoms with Crippen molar-refractivity contribution in [2.45, 2.75) is 44.1 Å². The molecule has 1 aliphatic rings. The quantitative estimate of drug-likeness (QED) is 0.105. The molecule has 1 aliphatic heterocycles. The van der Waals surface area contributed by atoms with E-state index in [1.54, 1.807) is 7.05 Å². The summed E-state index contributed by atoms with van der Waals surface area (Å²) in [6, 6.07) is 11.3. The first kappa shape index (κ1) is 31.6. The molecule has 1 heterocycles. The summed E-state index contributed by atoms with van der Waals surface area (Å²) in [5, 5.41) is 9.11. The number of aliphatic hydroxyl groups excluding tert-OH is 1. The van der Waals surface area contributed by atoms with Gasteiger partial charge in [-0.3, -0.25) is 0 Å². The minimum atomic E-state index is -4.91. The van der Waals surface area contributed by atoms with E-state index in [0.29, 0.717) is 12.5 Å². The number of rotatable bonds is 10. The van der Waals surface area contributed by atoms with Crippen molar-refractivity contribution in [2.75, 3.05) is 46.9 Å². The summed E-state index contributed by atoms with van der Waals surface area (Å²) < 4.78 is 82.6. The van der Waals surface area contributed by atoms with Crippen molar-refractivity contribution in [3.63, 3.8) is 0 Å². The van der Waals surface area contributed by atoms with Gasteiger partial charge in [-0.1, -0.05) is 0 Å². The average molecular weight is 673 g/mol. The molecule has 1 amide bonds. The molecule has 0 saturated carbocycles. The molecule has 2 aromatic carbocycles. The minimum absolute atomic E-state index is 0.00137. The first-order chi connectivity index (χ1) is 18.3. The molecule has 1 N–H and O–H groups in total. The van der Waals surface area contributed by atoms with Gasteiger partial charge in [0.2, 0.25) is 0 Å². The van der Waals surface area contributed by atoms with Crippen molar-refractivity contribution in [1.82, 2.24) is 12.9 Å². The molecular weight excluding hydrogens is 639 g/mol. The van der Waals surface area contributed by atoms with Crippen LogP contribution in [0.1, 0.15) is 36.0 Å². The normalized spacial score (nSPS) is 16.0. The third-order valence-corrected chi connectivity index (χ3v) is 12.6. The zero-order valence-corrected chi connectivity index (χ0v) is 24.1. The second-order valence-electron chi connectivity index (χ2n) is 9.60. The van der Waals surface area contributed by atoms with Crippen molar-refractivity contribution in [3.8, 4) is 0 Å². The Morgan fingerprint density at radius 1 is 0.949 bits per heavy atom. The number of carbonyl (C=O) groups is 1. The van der Waals surface area contributed by atoms with Gasteiger partial charge in [0.25, 0.3) is 0 Å². The molecule has 12 heteroatoms. The van der Waals surface area contributed by atoms with Crippen LogP contribution in [0.25, 0.3) is 0 Å². The number of amides is 1. The fraction of sp³-hybridized carbons (Fsp3) is 0.519. The van der Waals surface area contributed by atoms with Gasteiger partial charge in [-0.2, -0.15) is 0 Å². The van der Waals surface area contributed by atoms with Crippen LogP contribution in [0, 0.1) is 3.57 Å². The Balaban J connectivity index is 1.75. The van der Waals surface area contributed by atoms with Crippen LogP contribution >= 0.6 is 20.1 Å². The van der Waals surface area contributed by atoms with Crippen molar-refractivity contribution < 1.29 is 36.2 Å². The molecule has 1 fully saturated rings. The predicted molar refractivity (Wildman–Crippen MR) is 146 cm³/mol. The van der Waals surface area contributed by atoms with Crippen LogP contribution in [0.15, 0.2) is 48.5 Å². The van der Waals surface area contributed by atoms with Gasteiger partial charge in [-0.25, -0.2) is 0 Å². The summed E-state index contributed by atoms with van der Waals surface area (Å²) in [6.07, 6.45) is -7.54. The van der Waals surface area contributed by atoms with E-state index in [0.717, 1.165) is 48.2 Å². The maximum atomic E-state index is 13.7. The van der Waals surface area contributed by atoms with Crippen molar-refractivity contribution in [2.24, 2.45) is 0 Å². The predicted octanol–water partition coefficient (Wildman–Crippen LogP) is 6.39. The Morgan fingerprint density at radius 2 is 1.51 bits per heavy atom. The number of likely N-dealkylation sites (N-methyl/N-ethyl adjacent to an activating group) is 1. The fourth-order valence-electron chi connectivity index (χ4n) is 4.50. The average Bonchev–Trinajstić information content (AvgIpc) is 2.90. The van der Waals surface area contributed by atoms with E-state index in [9.17, 15) is 31.1 Å². The van der Waals surface area contributed by atoms with Crippen molar-refractivity contribution in [3.05, 3.63) is 68.8 Å². The van der Waals surface area contributed by atoms with Gasteiger partial charge in [0.15, 0.2) is 0 Å². The van der Waals surface area contributed by atoms with Gasteiger partial charge >= 0.3 is 233 Å². The maximum absolute atomic E-state index is 13.7. The molecule has 218 valence electrons. The van der Waals surface area contributed by atoms with Gasteiger partial charge < -0.3 is 0 Å². The summed E-state index contributed by atoms with van der Waals surface area (Å²) >= 11 is -2.63. The number of benzene rings is 2. The second kappa shape index (κ2) is 13.6. The molecule has 0 atom stereocenters. The summed E-state index contributed by atoms with van der Waals surface area (Å²) in [7, 11) is 3.59. The van der Waals surface area contributed by atoms with Gasteiger partial charge in [0.1, 0.15) is 0 Å². The molecule has 0 unspecified atom stereocenters. The van der Waals surface area contributed by atoms with Crippen LogP contribution in [0.2, 0.25) is 0 Å². The number of hydrogen-bond acceptors (Lipinski definition) is 4. The number of carbonyl (C=O) groups excluding carboxylic acids is 1. The number of nitrogens with zero attached hydrogens (tertiary/aromatic N) is 3. The molecule has 0 bridgehead atoms. The Hall–Kier alpha value is -1.90. The van der Waals surface area contributed by atoms with Gasteiger partial charge in [0, 0.05) is 0 Å². The molecule has 0 aliphatic carbocycles. The number of piperidine rings is 1. The van der Waals surface area contributed by atoms with Crippen molar-refractivity contribution in [1.29, 1.82) is 0 Å². The van der Waals surface area contributed by atoms with Crippen LogP contribution in [0.4, 0.5) is 31.1 Å². The van der Waals surface area contributed by atoms with Gasteiger partial charge in [-0.05, 0) is 0 Å². The number of hydrogen-bond donors (Lipinski definition) is 1. The van der Waals surface area contributed by atoms with Crippen LogP contribution < -0.4 is 0 Å². The Kier molecular flexibility index (Phi) is 11.1. The number of aliphatic hydroxyl groups is 1. The molecule has 2 aromatic rings. The van der Waals surface area contributed by atoms with E-state index < -0.39 is 43.6 Å². The van der Waals surface area contributed by atoms with E-state index in [-0.39, 0.29) is 35.1 Å². The third kappa shape index (κ3) is 8.79. The first-order valence-electron chi connectivity index (χ1n) is 12.7. The summed E-state index contributed by atoms with van der Waals surface area (Å²) in [6.45, 7) is 2.35. The standard InChI is InChI=1S/C27H34F6IN3O2/c1-35(12-6-16-38)24-10-14-37(15-11-24)34(23-7-4-3-5-8-23)25(39)36(2)13-9-20-17-21(26(28,29)30)19-22(18-20)27(31,32)33/h3-5,7-8,17-19,24,38H,6,9-16H2,1-2H3. The molecule has 1 saturated heterocycles. The second-order valence-corrected chi connectivity index (χ2v) is 14.6. The van der Waals surface area contributed by atoms with Crippen LogP contribution in [0.3, 0.4) is 0 Å². The first-order valence-corrected chi connectivity index (χ1v) is 15.8. The van der Waals surface area contributed by atoms with E-state index in [4.69, 9.17) is 5.11 Å². The van der Waals surface area contributed by atoms with Gasteiger partial charge in [-0.15, -0.1) is 0 Å². The molecule has 39 heavy (non-hydrogen) atoms. The van der Waals surface area contributed by atoms with Crippen LogP contribution in [-0.4, -0.2) is 74.9 Å². The SMILES string of the molecule is CN(CCc1cc(C(F)(F)F)cc(C(F)(F)F)c1)C(=O)I(c1ccccc1)N1CCC(N(C)CCCO)CC1. The fourth-order valence-corrected chi connectivity index (χ4v) is 10.0. The molecular formula is C27H34F6IN3O2. The third-order valence-electron chi connectivity index (χ3n) is 6.72. The number of halogens is 7. The number of alkyl halides is 6. The summed E-state index contributed by atoms with van der Waals surface area (Å²) in [5.41, 5.74) is -2.83. The summed E-state index contributed by atoms with van der Waals surface area (Å²) in [5.74, 6) is 0. The molecule has 0 radical (unpaired) electrons. The molecule has 5 nitrogen and oxygen atoms in total. The Bertz CT molecular complexity index is 1040. The van der Waals surface area contributed by atoms with E-state index in [2.05, 4.69) is 8.01 Å². The van der Waals surface area contributed by atoms with Crippen molar-refractivity contribution >= 4 is 24.0 Å². The van der Waals surface area contributed by atoms with E-state index >= 15 is 0 Å². The topological polar surface area (TPSA) is 47.0 Å². The summed E-state index contributed by atoms with van der Waals surface area (Å²) in [4.78, 5) is 17.4. The Labute approximate surface area is 232 Å². The van der Waals surface area contributed by atoms with Crippen LogP contribution in [-0.2, 0) is 18.8 Å². The molecule has 0 aromatic heterocycles. The molecule has 3 rings (SSSR count). The van der Waals surface area contributed by atoms with E-state index in [1.165, 1.54) is 4.90 Å². The Morgan fingerprint density at radius 3 is 2.03 bits per heavy atom.